The zero-order chi connectivity index (χ0) is 18.5. The number of fused-ring (bicyclic) bond motifs is 1. The van der Waals surface area contributed by atoms with Gasteiger partial charge in [0.05, 0.1) is 5.69 Å². The summed E-state index contributed by atoms with van der Waals surface area (Å²) in [5.74, 6) is -0.0728. The Kier molecular flexibility index (Phi) is 5.71. The number of benzene rings is 1. The highest BCUT2D eigenvalue weighted by Gasteiger charge is 2.27. The molecule has 3 rings (SSSR count). The van der Waals surface area contributed by atoms with Gasteiger partial charge in [-0.1, -0.05) is 31.2 Å². The number of nitrogens with zero attached hydrogens (tertiary/aromatic N) is 2. The summed E-state index contributed by atoms with van der Waals surface area (Å²) >= 11 is 0. The molecular weight excluding hydrogens is 328 g/mol. The molecule has 0 bridgehead atoms. The molecule has 1 aromatic heterocycles. The second-order valence-electron chi connectivity index (χ2n) is 6.70. The number of aryl methyl sites for hydroxylation is 1. The van der Waals surface area contributed by atoms with Crippen LogP contribution in [0.5, 0.6) is 0 Å². The highest BCUT2D eigenvalue weighted by molar-refractivity contribution is 5.97. The molecule has 1 aliphatic rings. The van der Waals surface area contributed by atoms with Crippen molar-refractivity contribution in [2.24, 2.45) is 0 Å². The average Bonchev–Trinajstić information content (AvgIpc) is 3.05. The van der Waals surface area contributed by atoms with E-state index in [9.17, 15) is 9.59 Å². The Morgan fingerprint density at radius 2 is 1.96 bits per heavy atom. The van der Waals surface area contributed by atoms with E-state index < -0.39 is 0 Å². The Hall–Kier alpha value is -2.63. The minimum absolute atomic E-state index is 0.185. The topological polar surface area (TPSA) is 76.0 Å². The van der Waals surface area contributed by atoms with Crippen molar-refractivity contribution in [3.8, 4) is 0 Å². The van der Waals surface area contributed by atoms with Gasteiger partial charge < -0.3 is 15.2 Å². The Morgan fingerprint density at radius 3 is 2.73 bits per heavy atom. The smallest absolute Gasteiger partial charge is 0.287 e. The molecular formula is C20H26N4O2. The van der Waals surface area contributed by atoms with Gasteiger partial charge in [0.2, 0.25) is 0 Å². The lowest BCUT2D eigenvalue weighted by Crippen LogP contribution is -2.27. The first kappa shape index (κ1) is 18.2. The fourth-order valence-electron chi connectivity index (χ4n) is 3.28. The van der Waals surface area contributed by atoms with E-state index in [1.54, 1.807) is 0 Å². The predicted octanol–water partition coefficient (Wildman–Crippen LogP) is 2.60. The van der Waals surface area contributed by atoms with Gasteiger partial charge in [0.25, 0.3) is 11.8 Å². The lowest BCUT2D eigenvalue weighted by atomic mass is 10.1. The molecule has 0 saturated heterocycles. The van der Waals surface area contributed by atoms with E-state index in [-0.39, 0.29) is 11.8 Å². The van der Waals surface area contributed by atoms with Crippen LogP contribution in [-0.4, -0.2) is 27.9 Å². The van der Waals surface area contributed by atoms with Crippen LogP contribution in [-0.2, 0) is 19.5 Å². The summed E-state index contributed by atoms with van der Waals surface area (Å²) in [6.45, 7) is 5.82. The van der Waals surface area contributed by atoms with Gasteiger partial charge in [0.15, 0.2) is 5.82 Å². The number of imidazole rings is 1. The van der Waals surface area contributed by atoms with Crippen molar-refractivity contribution >= 4 is 11.8 Å². The van der Waals surface area contributed by atoms with Crippen LogP contribution in [0.15, 0.2) is 24.3 Å². The van der Waals surface area contributed by atoms with Crippen molar-refractivity contribution in [2.45, 2.75) is 52.6 Å². The van der Waals surface area contributed by atoms with Crippen molar-refractivity contribution in [1.82, 2.24) is 20.2 Å². The maximum atomic E-state index is 12.7. The lowest BCUT2D eigenvalue weighted by molar-refractivity contribution is 0.0935. The molecule has 138 valence electrons. The van der Waals surface area contributed by atoms with Crippen molar-refractivity contribution < 1.29 is 9.59 Å². The molecule has 1 aliphatic heterocycles. The number of rotatable bonds is 6. The third-order valence-corrected chi connectivity index (χ3v) is 4.77. The second kappa shape index (κ2) is 8.17. The summed E-state index contributed by atoms with van der Waals surface area (Å²) < 4.78 is 1.91. The van der Waals surface area contributed by atoms with E-state index in [2.05, 4.69) is 15.6 Å². The number of nitrogens with one attached hydrogen (secondary N) is 2. The Labute approximate surface area is 154 Å². The summed E-state index contributed by atoms with van der Waals surface area (Å²) in [4.78, 5) is 29.6. The molecule has 26 heavy (non-hydrogen) atoms. The normalized spacial score (nSPS) is 13.2. The van der Waals surface area contributed by atoms with E-state index in [1.807, 2.05) is 42.7 Å². The first-order valence-corrected chi connectivity index (χ1v) is 9.32. The number of carbonyl (C=O) groups is 2. The lowest BCUT2D eigenvalue weighted by Gasteiger charge is -2.17. The van der Waals surface area contributed by atoms with Gasteiger partial charge in [0, 0.05) is 19.6 Å². The minimum Gasteiger partial charge on any atom is -0.351 e. The quantitative estimate of drug-likeness (QED) is 0.837. The van der Waals surface area contributed by atoms with Gasteiger partial charge in [-0.25, -0.2) is 4.98 Å². The average molecular weight is 354 g/mol. The zero-order valence-electron chi connectivity index (χ0n) is 15.5. The third kappa shape index (κ3) is 3.79. The van der Waals surface area contributed by atoms with E-state index in [4.69, 9.17) is 0 Å². The van der Waals surface area contributed by atoms with Gasteiger partial charge in [-0.2, -0.15) is 0 Å². The molecule has 1 aromatic carbocycles. The minimum atomic E-state index is -0.231. The molecule has 6 heteroatoms. The van der Waals surface area contributed by atoms with Crippen molar-refractivity contribution in [3.05, 3.63) is 52.6 Å². The van der Waals surface area contributed by atoms with Crippen LogP contribution >= 0.6 is 0 Å². The summed E-state index contributed by atoms with van der Waals surface area (Å²) in [5, 5.41) is 5.82. The number of hydrogen-bond acceptors (Lipinski definition) is 3. The van der Waals surface area contributed by atoms with Crippen molar-refractivity contribution in [2.75, 3.05) is 6.54 Å². The van der Waals surface area contributed by atoms with Gasteiger partial charge in [-0.3, -0.25) is 9.59 Å². The van der Waals surface area contributed by atoms with Gasteiger partial charge in [-0.15, -0.1) is 0 Å². The molecule has 0 atom stereocenters. The van der Waals surface area contributed by atoms with Crippen LogP contribution in [0.25, 0.3) is 0 Å². The first-order valence-electron chi connectivity index (χ1n) is 9.32. The fourth-order valence-corrected chi connectivity index (χ4v) is 3.28. The number of amides is 2. The highest BCUT2D eigenvalue weighted by Crippen LogP contribution is 2.21. The summed E-state index contributed by atoms with van der Waals surface area (Å²) in [7, 11) is 0. The molecule has 2 N–H and O–H groups in total. The highest BCUT2D eigenvalue weighted by atomic mass is 16.2. The molecule has 0 unspecified atom stereocenters. The molecule has 0 radical (unpaired) electrons. The second-order valence-corrected chi connectivity index (χ2v) is 6.70. The van der Waals surface area contributed by atoms with E-state index >= 15 is 0 Å². The monoisotopic (exact) mass is 354 g/mol. The van der Waals surface area contributed by atoms with Crippen LogP contribution in [0.3, 0.4) is 0 Å². The predicted molar refractivity (Wildman–Crippen MR) is 100 cm³/mol. The number of carbonyl (C=O) groups excluding carboxylic acids is 2. The van der Waals surface area contributed by atoms with Crippen LogP contribution in [0.2, 0.25) is 0 Å². The van der Waals surface area contributed by atoms with Crippen LogP contribution in [0, 0.1) is 6.92 Å². The summed E-state index contributed by atoms with van der Waals surface area (Å²) in [6, 6.07) is 7.96. The molecule has 0 saturated carbocycles. The van der Waals surface area contributed by atoms with Gasteiger partial charge >= 0.3 is 0 Å². The maximum Gasteiger partial charge on any atom is 0.287 e. The van der Waals surface area contributed by atoms with Crippen LogP contribution in [0.4, 0.5) is 0 Å². The van der Waals surface area contributed by atoms with Gasteiger partial charge in [-0.05, 0) is 43.7 Å². The molecule has 2 amide bonds. The largest absolute Gasteiger partial charge is 0.351 e. The summed E-state index contributed by atoms with van der Waals surface area (Å²) in [5.41, 5.74) is 3.50. The molecule has 6 nitrogen and oxygen atoms in total. The molecule has 2 heterocycles. The van der Waals surface area contributed by atoms with E-state index in [0.717, 1.165) is 49.0 Å². The zero-order valence-corrected chi connectivity index (χ0v) is 15.5. The fraction of sp³-hybridized carbons (Fsp3) is 0.450. The Bertz CT molecular complexity index is 810. The molecule has 2 aromatic rings. The van der Waals surface area contributed by atoms with Crippen molar-refractivity contribution in [3.63, 3.8) is 0 Å². The van der Waals surface area contributed by atoms with Crippen LogP contribution < -0.4 is 10.6 Å². The number of hydrogen-bond donors (Lipinski definition) is 2. The van der Waals surface area contributed by atoms with Crippen LogP contribution in [0.1, 0.15) is 64.1 Å². The standard InChI is InChI=1S/C20H26N4O2/c1-3-11-21-19(25)17-16-10-6-7-12-24(16)18(23-17)20(26)22-13-15-9-5-4-8-14(15)2/h4-5,8-9H,3,6-7,10-13H2,1-2H3,(H,21,25)(H,22,26). The number of aromatic nitrogens is 2. The molecule has 0 aliphatic carbocycles. The Morgan fingerprint density at radius 1 is 1.15 bits per heavy atom. The SMILES string of the molecule is CCCNC(=O)c1nc(C(=O)NCc2ccccc2C)n2c1CCCC2. The van der Waals surface area contributed by atoms with E-state index in [1.165, 1.54) is 0 Å². The molecule has 0 spiro atoms. The summed E-state index contributed by atoms with van der Waals surface area (Å²) in [6.07, 6.45) is 3.67. The van der Waals surface area contributed by atoms with Gasteiger partial charge in [0.1, 0.15) is 5.69 Å². The maximum absolute atomic E-state index is 12.7. The first-order chi connectivity index (χ1) is 12.6. The molecule has 0 fully saturated rings. The van der Waals surface area contributed by atoms with Crippen molar-refractivity contribution in [1.29, 1.82) is 0 Å². The third-order valence-electron chi connectivity index (χ3n) is 4.77. The van der Waals surface area contributed by atoms with E-state index in [0.29, 0.717) is 24.6 Å². The Balaban J connectivity index is 1.80.